The first kappa shape index (κ1) is 16.0. The number of anilines is 1. The lowest BCUT2D eigenvalue weighted by Crippen LogP contribution is -2.17. The van der Waals surface area contributed by atoms with Crippen LogP contribution in [0.25, 0.3) is 0 Å². The summed E-state index contributed by atoms with van der Waals surface area (Å²) in [7, 11) is 1.20. The minimum absolute atomic E-state index is 0.0275. The van der Waals surface area contributed by atoms with Crippen LogP contribution in [0.2, 0.25) is 0 Å². The monoisotopic (exact) mass is 315 g/mol. The fraction of sp³-hybridized carbons (Fsp3) is 0.0625. The van der Waals surface area contributed by atoms with Crippen LogP contribution in [0.15, 0.2) is 42.5 Å². The second-order valence-corrected chi connectivity index (χ2v) is 4.53. The van der Waals surface area contributed by atoms with Gasteiger partial charge in [-0.05, 0) is 30.3 Å². The zero-order valence-corrected chi connectivity index (χ0v) is 12.1. The summed E-state index contributed by atoms with van der Waals surface area (Å²) in [6, 6.07) is 9.56. The van der Waals surface area contributed by atoms with Crippen molar-refractivity contribution in [1.82, 2.24) is 0 Å². The average molecular weight is 315 g/mol. The molecule has 7 nitrogen and oxygen atoms in total. The third-order valence-electron chi connectivity index (χ3n) is 3.07. The van der Waals surface area contributed by atoms with Crippen molar-refractivity contribution >= 4 is 23.5 Å². The van der Waals surface area contributed by atoms with E-state index in [9.17, 15) is 19.5 Å². The Labute approximate surface area is 131 Å². The molecule has 0 aromatic heterocycles. The van der Waals surface area contributed by atoms with Crippen LogP contribution in [0.5, 0.6) is 5.75 Å². The molecule has 0 aliphatic heterocycles. The lowest BCUT2D eigenvalue weighted by molar-refractivity contribution is 0.0596. The first-order valence-electron chi connectivity index (χ1n) is 6.49. The number of methoxy groups -OCH3 is 1. The van der Waals surface area contributed by atoms with Gasteiger partial charge in [-0.2, -0.15) is 0 Å². The molecule has 0 bridgehead atoms. The number of phenols is 1. The third kappa shape index (κ3) is 3.46. The summed E-state index contributed by atoms with van der Waals surface area (Å²) in [6.45, 7) is 0. The lowest BCUT2D eigenvalue weighted by Gasteiger charge is -2.10. The zero-order valence-electron chi connectivity index (χ0n) is 12.1. The number of carbonyl (C=O) groups is 3. The van der Waals surface area contributed by atoms with E-state index in [1.807, 2.05) is 0 Å². The molecule has 3 N–H and O–H groups in total. The third-order valence-corrected chi connectivity index (χ3v) is 3.07. The van der Waals surface area contributed by atoms with Crippen LogP contribution in [0.3, 0.4) is 0 Å². The summed E-state index contributed by atoms with van der Waals surface area (Å²) in [6.07, 6.45) is 0. The Morgan fingerprint density at radius 1 is 1.04 bits per heavy atom. The summed E-state index contributed by atoms with van der Waals surface area (Å²) >= 11 is 0. The molecule has 7 heteroatoms. The second kappa shape index (κ2) is 6.61. The topological polar surface area (TPSA) is 113 Å². The van der Waals surface area contributed by atoms with E-state index in [1.54, 1.807) is 12.1 Å². The number of carbonyl (C=O) groups excluding carboxylic acids is 2. The molecule has 2 aromatic carbocycles. The molecule has 23 heavy (non-hydrogen) atoms. The maximum absolute atomic E-state index is 12.3. The SMILES string of the molecule is COC(=O)c1ccccc1C(=O)Nc1ccc(C(=O)O)cc1O. The number of aromatic carboxylic acids is 1. The van der Waals surface area contributed by atoms with Crippen molar-refractivity contribution in [2.45, 2.75) is 0 Å². The standard InChI is InChI=1S/C16H13NO6/c1-23-16(22)11-5-3-2-4-10(11)14(19)17-12-7-6-9(15(20)21)8-13(12)18/h2-8,18H,1H3,(H,17,19)(H,20,21). The first-order valence-corrected chi connectivity index (χ1v) is 6.49. The molecule has 0 aliphatic rings. The molecule has 0 spiro atoms. The molecule has 0 saturated heterocycles. The van der Waals surface area contributed by atoms with E-state index in [2.05, 4.69) is 10.1 Å². The molecule has 118 valence electrons. The molecule has 0 aliphatic carbocycles. The van der Waals surface area contributed by atoms with Gasteiger partial charge in [-0.1, -0.05) is 12.1 Å². The van der Waals surface area contributed by atoms with E-state index in [0.29, 0.717) is 0 Å². The number of nitrogens with one attached hydrogen (secondary N) is 1. The van der Waals surface area contributed by atoms with E-state index >= 15 is 0 Å². The van der Waals surface area contributed by atoms with E-state index in [4.69, 9.17) is 5.11 Å². The van der Waals surface area contributed by atoms with Gasteiger partial charge in [0.1, 0.15) is 5.75 Å². The maximum atomic E-state index is 12.3. The number of carboxylic acid groups (broad SMARTS) is 1. The number of aromatic hydroxyl groups is 1. The predicted octanol–water partition coefficient (Wildman–Crippen LogP) is 2.13. The van der Waals surface area contributed by atoms with Crippen molar-refractivity contribution in [3.8, 4) is 5.75 Å². The highest BCUT2D eigenvalue weighted by Gasteiger charge is 2.18. The van der Waals surface area contributed by atoms with Gasteiger partial charge in [0.25, 0.3) is 5.91 Å². The quantitative estimate of drug-likeness (QED) is 0.588. The van der Waals surface area contributed by atoms with Gasteiger partial charge < -0.3 is 20.3 Å². The van der Waals surface area contributed by atoms with Crippen molar-refractivity contribution in [1.29, 1.82) is 0 Å². The number of ether oxygens (including phenoxy) is 1. The Kier molecular flexibility index (Phi) is 4.61. The lowest BCUT2D eigenvalue weighted by atomic mass is 10.1. The Hall–Kier alpha value is -3.35. The van der Waals surface area contributed by atoms with Crippen LogP contribution in [-0.2, 0) is 4.74 Å². The molecule has 2 aromatic rings. The molecular weight excluding hydrogens is 302 g/mol. The fourth-order valence-corrected chi connectivity index (χ4v) is 1.93. The van der Waals surface area contributed by atoms with Crippen molar-refractivity contribution in [3.63, 3.8) is 0 Å². The molecule has 0 unspecified atom stereocenters. The van der Waals surface area contributed by atoms with Gasteiger partial charge in [0.15, 0.2) is 0 Å². The number of benzene rings is 2. The van der Waals surface area contributed by atoms with Crippen LogP contribution in [-0.4, -0.2) is 35.2 Å². The molecular formula is C16H13NO6. The Morgan fingerprint density at radius 2 is 1.70 bits per heavy atom. The molecule has 0 fully saturated rings. The molecule has 2 rings (SSSR count). The largest absolute Gasteiger partial charge is 0.506 e. The molecule has 0 atom stereocenters. The zero-order chi connectivity index (χ0) is 17.0. The van der Waals surface area contributed by atoms with Crippen molar-refractivity contribution in [2.75, 3.05) is 12.4 Å². The van der Waals surface area contributed by atoms with Crippen LogP contribution in [0.1, 0.15) is 31.1 Å². The van der Waals surface area contributed by atoms with Crippen LogP contribution >= 0.6 is 0 Å². The highest BCUT2D eigenvalue weighted by molar-refractivity contribution is 6.11. The summed E-state index contributed by atoms with van der Waals surface area (Å²) in [5, 5.41) is 21.0. The number of hydrogen-bond acceptors (Lipinski definition) is 5. The summed E-state index contributed by atoms with van der Waals surface area (Å²) in [5.74, 6) is -2.89. The molecule has 0 heterocycles. The number of amides is 1. The van der Waals surface area contributed by atoms with E-state index in [1.165, 1.54) is 31.4 Å². The number of hydrogen-bond donors (Lipinski definition) is 3. The number of esters is 1. The summed E-state index contributed by atoms with van der Waals surface area (Å²) in [4.78, 5) is 34.8. The molecule has 1 amide bonds. The van der Waals surface area contributed by atoms with Crippen LogP contribution < -0.4 is 5.32 Å². The average Bonchev–Trinajstić information content (AvgIpc) is 2.55. The normalized spacial score (nSPS) is 9.96. The van der Waals surface area contributed by atoms with Gasteiger partial charge in [-0.25, -0.2) is 9.59 Å². The number of phenolic OH excluding ortho intramolecular Hbond substituents is 1. The van der Waals surface area contributed by atoms with Gasteiger partial charge in [0.05, 0.1) is 29.5 Å². The Bertz CT molecular complexity index is 784. The predicted molar refractivity (Wildman–Crippen MR) is 80.8 cm³/mol. The number of carboxylic acids is 1. The fourth-order valence-electron chi connectivity index (χ4n) is 1.93. The smallest absolute Gasteiger partial charge is 0.338 e. The Balaban J connectivity index is 2.30. The Morgan fingerprint density at radius 3 is 2.26 bits per heavy atom. The minimum atomic E-state index is -1.20. The van der Waals surface area contributed by atoms with Crippen molar-refractivity contribution in [3.05, 3.63) is 59.2 Å². The van der Waals surface area contributed by atoms with Crippen LogP contribution in [0.4, 0.5) is 5.69 Å². The van der Waals surface area contributed by atoms with Gasteiger partial charge in [0, 0.05) is 0 Å². The minimum Gasteiger partial charge on any atom is -0.506 e. The van der Waals surface area contributed by atoms with Gasteiger partial charge in [0.2, 0.25) is 0 Å². The van der Waals surface area contributed by atoms with E-state index in [0.717, 1.165) is 6.07 Å². The highest BCUT2D eigenvalue weighted by Crippen LogP contribution is 2.25. The molecule has 0 radical (unpaired) electrons. The summed E-state index contributed by atoms with van der Waals surface area (Å²) in [5.41, 5.74) is 0.0605. The van der Waals surface area contributed by atoms with E-state index < -0.39 is 23.6 Å². The van der Waals surface area contributed by atoms with Crippen molar-refractivity contribution in [2.24, 2.45) is 0 Å². The van der Waals surface area contributed by atoms with Crippen molar-refractivity contribution < 1.29 is 29.3 Å². The van der Waals surface area contributed by atoms with Gasteiger partial charge in [-0.15, -0.1) is 0 Å². The van der Waals surface area contributed by atoms with E-state index in [-0.39, 0.29) is 22.4 Å². The first-order chi connectivity index (χ1) is 10.9. The second-order valence-electron chi connectivity index (χ2n) is 4.53. The van der Waals surface area contributed by atoms with Crippen LogP contribution in [0, 0.1) is 0 Å². The summed E-state index contributed by atoms with van der Waals surface area (Å²) < 4.78 is 4.61. The molecule has 0 saturated carbocycles. The van der Waals surface area contributed by atoms with Gasteiger partial charge >= 0.3 is 11.9 Å². The number of rotatable bonds is 4. The maximum Gasteiger partial charge on any atom is 0.338 e. The van der Waals surface area contributed by atoms with Gasteiger partial charge in [-0.3, -0.25) is 4.79 Å². The highest BCUT2D eigenvalue weighted by atomic mass is 16.5.